The molecule has 0 saturated carbocycles. The number of benzene rings is 2. The SMILES string of the molecule is COc1cc(/C=c2\c(=O)[nH]n3c(=O)c4ccccc4nc23)cc(OC)c1OC. The molecule has 2 aromatic carbocycles. The highest BCUT2D eigenvalue weighted by Crippen LogP contribution is 2.38. The Morgan fingerprint density at radius 3 is 2.32 bits per heavy atom. The van der Waals surface area contributed by atoms with E-state index in [1.165, 1.54) is 21.3 Å². The molecule has 28 heavy (non-hydrogen) atoms. The Balaban J connectivity index is 2.05. The van der Waals surface area contributed by atoms with Gasteiger partial charge in [-0.05, 0) is 35.9 Å². The molecule has 0 radical (unpaired) electrons. The second-order valence-electron chi connectivity index (χ2n) is 6.05. The van der Waals surface area contributed by atoms with Crippen LogP contribution in [0.3, 0.4) is 0 Å². The number of hydrogen-bond donors (Lipinski definition) is 1. The number of nitrogens with zero attached hydrogens (tertiary/aromatic N) is 2. The number of ether oxygens (including phenoxy) is 3. The molecule has 2 aromatic heterocycles. The van der Waals surface area contributed by atoms with Gasteiger partial charge < -0.3 is 14.2 Å². The third-order valence-electron chi connectivity index (χ3n) is 4.47. The Morgan fingerprint density at radius 1 is 1.00 bits per heavy atom. The van der Waals surface area contributed by atoms with Gasteiger partial charge in [-0.2, -0.15) is 4.52 Å². The van der Waals surface area contributed by atoms with Crippen LogP contribution in [-0.2, 0) is 0 Å². The van der Waals surface area contributed by atoms with Crippen LogP contribution in [0.5, 0.6) is 17.2 Å². The van der Waals surface area contributed by atoms with E-state index in [0.29, 0.717) is 33.7 Å². The van der Waals surface area contributed by atoms with Crippen LogP contribution < -0.4 is 30.5 Å². The van der Waals surface area contributed by atoms with Crippen LogP contribution >= 0.6 is 0 Å². The van der Waals surface area contributed by atoms with E-state index in [-0.39, 0.29) is 16.4 Å². The smallest absolute Gasteiger partial charge is 0.280 e. The molecular formula is C20H17N3O5. The van der Waals surface area contributed by atoms with Gasteiger partial charge in [0.2, 0.25) is 5.75 Å². The normalized spacial score (nSPS) is 11.9. The Bertz CT molecular complexity index is 1350. The van der Waals surface area contributed by atoms with E-state index in [4.69, 9.17) is 14.2 Å². The van der Waals surface area contributed by atoms with Gasteiger partial charge in [-0.1, -0.05) is 12.1 Å². The monoisotopic (exact) mass is 379 g/mol. The number of para-hydroxylation sites is 1. The van der Waals surface area contributed by atoms with E-state index in [2.05, 4.69) is 10.1 Å². The van der Waals surface area contributed by atoms with Crippen LogP contribution in [0, 0.1) is 0 Å². The maximum Gasteiger partial charge on any atom is 0.280 e. The van der Waals surface area contributed by atoms with Crippen molar-refractivity contribution in [3.8, 4) is 17.2 Å². The summed E-state index contributed by atoms with van der Waals surface area (Å²) in [7, 11) is 4.54. The second kappa shape index (κ2) is 6.73. The summed E-state index contributed by atoms with van der Waals surface area (Å²) in [5.74, 6) is 1.36. The van der Waals surface area contributed by atoms with Gasteiger partial charge >= 0.3 is 0 Å². The number of fused-ring (bicyclic) bond motifs is 2. The van der Waals surface area contributed by atoms with Crippen molar-refractivity contribution < 1.29 is 14.2 Å². The lowest BCUT2D eigenvalue weighted by molar-refractivity contribution is 0.324. The molecule has 0 atom stereocenters. The lowest BCUT2D eigenvalue weighted by Gasteiger charge is -2.12. The van der Waals surface area contributed by atoms with Crippen LogP contribution in [0.25, 0.3) is 22.6 Å². The average Bonchev–Trinajstić information content (AvgIpc) is 3.03. The van der Waals surface area contributed by atoms with Gasteiger partial charge in [-0.25, -0.2) is 4.98 Å². The zero-order valence-electron chi connectivity index (χ0n) is 15.5. The van der Waals surface area contributed by atoms with Crippen molar-refractivity contribution >= 4 is 22.6 Å². The van der Waals surface area contributed by atoms with Gasteiger partial charge in [-0.3, -0.25) is 14.7 Å². The van der Waals surface area contributed by atoms with Gasteiger partial charge in [0.1, 0.15) is 0 Å². The number of methoxy groups -OCH3 is 3. The summed E-state index contributed by atoms with van der Waals surface area (Å²) in [6.07, 6.45) is 1.62. The van der Waals surface area contributed by atoms with E-state index in [9.17, 15) is 9.59 Å². The zero-order chi connectivity index (χ0) is 19.8. The highest BCUT2D eigenvalue weighted by molar-refractivity contribution is 5.79. The summed E-state index contributed by atoms with van der Waals surface area (Å²) in [4.78, 5) is 29.7. The minimum absolute atomic E-state index is 0.252. The standard InChI is InChI=1S/C20H17N3O5/c1-26-15-9-11(10-16(27-2)17(15)28-3)8-13-18-21-14-7-5-4-6-12(14)20(25)23(18)22-19(13)24/h4-10H,1-3H3,(H,22,24)/b13-8-. The number of nitrogens with one attached hydrogen (secondary N) is 1. The van der Waals surface area contributed by atoms with Crippen LogP contribution in [0.15, 0.2) is 46.0 Å². The molecule has 0 aliphatic carbocycles. The van der Waals surface area contributed by atoms with E-state index in [0.717, 1.165) is 4.52 Å². The first-order valence-electron chi connectivity index (χ1n) is 8.42. The minimum Gasteiger partial charge on any atom is -0.493 e. The molecule has 0 saturated heterocycles. The van der Waals surface area contributed by atoms with Crippen molar-refractivity contribution in [1.82, 2.24) is 14.6 Å². The summed E-state index contributed by atoms with van der Waals surface area (Å²) in [5.41, 5.74) is 0.653. The first-order chi connectivity index (χ1) is 13.6. The van der Waals surface area contributed by atoms with Gasteiger partial charge in [0.05, 0.1) is 37.5 Å². The van der Waals surface area contributed by atoms with Crippen molar-refractivity contribution in [2.75, 3.05) is 21.3 Å². The van der Waals surface area contributed by atoms with Crippen LogP contribution in [0.1, 0.15) is 5.56 Å². The van der Waals surface area contributed by atoms with Crippen LogP contribution in [-0.4, -0.2) is 35.9 Å². The number of hydrogen-bond acceptors (Lipinski definition) is 6. The molecule has 142 valence electrons. The summed E-state index contributed by atoms with van der Waals surface area (Å²) in [6, 6.07) is 10.4. The summed E-state index contributed by atoms with van der Waals surface area (Å²) in [5, 5.41) is 3.25. The van der Waals surface area contributed by atoms with Gasteiger partial charge in [0, 0.05) is 0 Å². The maximum absolute atomic E-state index is 12.7. The van der Waals surface area contributed by atoms with Gasteiger partial charge in [-0.15, -0.1) is 0 Å². The number of aromatic amines is 1. The first kappa shape index (κ1) is 17.6. The van der Waals surface area contributed by atoms with Crippen LogP contribution in [0.2, 0.25) is 0 Å². The molecule has 0 unspecified atom stereocenters. The molecule has 8 nitrogen and oxygen atoms in total. The van der Waals surface area contributed by atoms with Crippen molar-refractivity contribution in [2.45, 2.75) is 0 Å². The average molecular weight is 379 g/mol. The zero-order valence-corrected chi connectivity index (χ0v) is 15.5. The Kier molecular flexibility index (Phi) is 4.23. The van der Waals surface area contributed by atoms with E-state index < -0.39 is 5.56 Å². The summed E-state index contributed by atoms with van der Waals surface area (Å²) in [6.45, 7) is 0. The molecule has 4 rings (SSSR count). The lowest BCUT2D eigenvalue weighted by atomic mass is 10.1. The van der Waals surface area contributed by atoms with Crippen molar-refractivity contribution in [3.63, 3.8) is 0 Å². The molecule has 8 heteroatoms. The Hall–Kier alpha value is -3.81. The van der Waals surface area contributed by atoms with E-state index >= 15 is 0 Å². The molecule has 4 aromatic rings. The summed E-state index contributed by atoms with van der Waals surface area (Å²) < 4.78 is 17.2. The third-order valence-corrected chi connectivity index (χ3v) is 4.47. The molecule has 0 fully saturated rings. The third kappa shape index (κ3) is 2.66. The fourth-order valence-corrected chi connectivity index (χ4v) is 3.16. The molecule has 0 aliphatic rings. The van der Waals surface area contributed by atoms with Gasteiger partial charge in [0.15, 0.2) is 17.1 Å². The number of aromatic nitrogens is 3. The quantitative estimate of drug-likeness (QED) is 0.571. The fraction of sp³-hybridized carbons (Fsp3) is 0.150. The molecule has 0 aliphatic heterocycles. The van der Waals surface area contributed by atoms with Crippen LogP contribution in [0.4, 0.5) is 0 Å². The first-order valence-corrected chi connectivity index (χ1v) is 8.42. The molecule has 1 N–H and O–H groups in total. The van der Waals surface area contributed by atoms with Crippen molar-refractivity contribution in [3.05, 3.63) is 67.9 Å². The molecular weight excluding hydrogens is 362 g/mol. The minimum atomic E-state index is -0.423. The molecule has 2 heterocycles. The van der Waals surface area contributed by atoms with Gasteiger partial charge in [0.25, 0.3) is 11.1 Å². The Labute approximate surface area is 158 Å². The van der Waals surface area contributed by atoms with E-state index in [1.807, 2.05) is 0 Å². The predicted molar refractivity (Wildman–Crippen MR) is 104 cm³/mol. The Morgan fingerprint density at radius 2 is 1.68 bits per heavy atom. The second-order valence-corrected chi connectivity index (χ2v) is 6.05. The maximum atomic E-state index is 12.7. The highest BCUT2D eigenvalue weighted by Gasteiger charge is 2.14. The number of rotatable bonds is 4. The lowest BCUT2D eigenvalue weighted by Crippen LogP contribution is -2.21. The highest BCUT2D eigenvalue weighted by atomic mass is 16.5. The molecule has 0 spiro atoms. The van der Waals surface area contributed by atoms with Crippen molar-refractivity contribution in [1.29, 1.82) is 0 Å². The molecule has 0 amide bonds. The van der Waals surface area contributed by atoms with Crippen molar-refractivity contribution in [2.24, 2.45) is 0 Å². The number of H-pyrrole nitrogens is 1. The topological polar surface area (TPSA) is 94.9 Å². The largest absolute Gasteiger partial charge is 0.493 e. The molecule has 0 bridgehead atoms. The summed E-state index contributed by atoms with van der Waals surface area (Å²) >= 11 is 0. The predicted octanol–water partition coefficient (Wildman–Crippen LogP) is 1.11. The van der Waals surface area contributed by atoms with E-state index in [1.54, 1.807) is 42.5 Å². The fourth-order valence-electron chi connectivity index (χ4n) is 3.16.